The van der Waals surface area contributed by atoms with Crippen LogP contribution in [-0.2, 0) is 33.7 Å². The van der Waals surface area contributed by atoms with Crippen LogP contribution in [0.25, 0.3) is 0 Å². The molecule has 6 rings (SSSR count). The van der Waals surface area contributed by atoms with Crippen molar-refractivity contribution < 1.29 is 14.3 Å². The summed E-state index contributed by atoms with van der Waals surface area (Å²) in [6.45, 7) is 3.22. The van der Waals surface area contributed by atoms with E-state index < -0.39 is 12.0 Å². The number of nitrogens with two attached hydrogens (primary N) is 1. The third-order valence-corrected chi connectivity index (χ3v) is 8.54. The average Bonchev–Trinajstić information content (AvgIpc) is 3.41. The molecule has 0 bridgehead atoms. The van der Waals surface area contributed by atoms with E-state index in [0.717, 1.165) is 41.5 Å². The van der Waals surface area contributed by atoms with E-state index in [1.54, 1.807) is 0 Å². The number of aryl methyl sites for hydroxylation is 1. The predicted octanol–water partition coefficient (Wildman–Crippen LogP) is 6.45. The zero-order chi connectivity index (χ0) is 33.0. The summed E-state index contributed by atoms with van der Waals surface area (Å²) in [6.07, 6.45) is 13.6. The van der Waals surface area contributed by atoms with Gasteiger partial charge in [0.25, 0.3) is 0 Å². The number of carbonyl (C=O) groups excluding carboxylic acids is 2. The molecule has 3 N–H and O–H groups in total. The first-order valence-corrected chi connectivity index (χ1v) is 17.4. The van der Waals surface area contributed by atoms with Crippen LogP contribution in [0.3, 0.4) is 0 Å². The number of alkyl halides is 1. The molecule has 7 nitrogen and oxygen atoms in total. The van der Waals surface area contributed by atoms with Gasteiger partial charge in [0.1, 0.15) is 11.9 Å². The number of allylic oxidation sites excluding steroid dienone is 3. The number of hydrogen-bond acceptors (Lipinski definition) is 6. The lowest BCUT2D eigenvalue weighted by molar-refractivity contribution is -0.143. The normalized spacial score (nSPS) is 20.0. The largest absolute Gasteiger partial charge is 0.406 e. The van der Waals surface area contributed by atoms with E-state index in [-0.39, 0.29) is 17.9 Å². The Hall–Kier alpha value is -4.40. The molecule has 1 amide bonds. The van der Waals surface area contributed by atoms with Gasteiger partial charge in [0.15, 0.2) is 0 Å². The highest BCUT2D eigenvalue weighted by molar-refractivity contribution is 9.09. The number of nitrogens with one attached hydrogen (secondary N) is 1. The van der Waals surface area contributed by atoms with Gasteiger partial charge in [0, 0.05) is 23.7 Å². The predicted molar refractivity (Wildman–Crippen MR) is 190 cm³/mol. The molecular weight excluding hydrogens is 652 g/mol. The van der Waals surface area contributed by atoms with Crippen LogP contribution < -0.4 is 11.1 Å². The molecule has 3 aliphatic rings. The Morgan fingerprint density at radius 2 is 1.53 bits per heavy atom. The van der Waals surface area contributed by atoms with Gasteiger partial charge < -0.3 is 20.7 Å². The fourth-order valence-electron chi connectivity index (χ4n) is 6.46. The third kappa shape index (κ3) is 8.50. The van der Waals surface area contributed by atoms with Gasteiger partial charge >= 0.3 is 5.97 Å². The average molecular weight is 696 g/mol. The van der Waals surface area contributed by atoms with E-state index in [4.69, 9.17) is 10.5 Å². The second kappa shape index (κ2) is 17.0. The second-order valence-corrected chi connectivity index (χ2v) is 12.8. The van der Waals surface area contributed by atoms with E-state index in [9.17, 15) is 9.59 Å². The lowest BCUT2D eigenvalue weighted by atomic mass is 9.85. The second-order valence-electron chi connectivity index (χ2n) is 11.7. The molecule has 2 heterocycles. The van der Waals surface area contributed by atoms with E-state index in [1.807, 2.05) is 78.6 Å². The topological polar surface area (TPSA) is 87.9 Å². The minimum atomic E-state index is -0.856. The quantitative estimate of drug-likeness (QED) is 0.129. The minimum absolute atomic E-state index is 0.0906. The summed E-state index contributed by atoms with van der Waals surface area (Å²) >= 11 is 3.15. The van der Waals surface area contributed by atoms with Crippen molar-refractivity contribution in [1.29, 1.82) is 0 Å². The van der Waals surface area contributed by atoms with Crippen molar-refractivity contribution in [2.24, 2.45) is 17.6 Å². The number of benzene rings is 3. The summed E-state index contributed by atoms with van der Waals surface area (Å²) in [6, 6.07) is 29.4. The van der Waals surface area contributed by atoms with Crippen molar-refractivity contribution in [3.8, 4) is 0 Å². The number of amides is 1. The van der Waals surface area contributed by atoms with Gasteiger partial charge in [-0.25, -0.2) is 4.79 Å². The first kappa shape index (κ1) is 33.9. The number of halogens is 1. The molecule has 8 heteroatoms. The third-order valence-electron chi connectivity index (χ3n) is 8.54. The molecule has 3 aromatic rings. The Kier molecular flexibility index (Phi) is 12.2. The number of fused-ring (bicyclic) bond motifs is 3. The van der Waals surface area contributed by atoms with Crippen molar-refractivity contribution >= 4 is 28.3 Å². The Morgan fingerprint density at radius 1 is 0.936 bits per heavy atom. The maximum atomic E-state index is 13.7. The van der Waals surface area contributed by atoms with Gasteiger partial charge in [-0.05, 0) is 42.0 Å². The number of rotatable bonds is 12. The van der Waals surface area contributed by atoms with E-state index in [2.05, 4.69) is 80.8 Å². The molecule has 244 valence electrons. The summed E-state index contributed by atoms with van der Waals surface area (Å²) in [5, 5.41) is 3.97. The molecule has 3 unspecified atom stereocenters. The van der Waals surface area contributed by atoms with Gasteiger partial charge in [-0.1, -0.05) is 138 Å². The van der Waals surface area contributed by atoms with Gasteiger partial charge in [-0.2, -0.15) is 0 Å². The number of likely N-dealkylation sites (tertiary alicyclic amines) is 1. The van der Waals surface area contributed by atoms with E-state index >= 15 is 0 Å². The Bertz CT molecular complexity index is 1590. The van der Waals surface area contributed by atoms with Crippen LogP contribution in [0, 0.1) is 11.8 Å². The van der Waals surface area contributed by atoms with Crippen LogP contribution in [0.15, 0.2) is 139 Å². The molecule has 4 atom stereocenters. The van der Waals surface area contributed by atoms with Crippen molar-refractivity contribution in [2.45, 2.75) is 44.8 Å². The summed E-state index contributed by atoms with van der Waals surface area (Å²) < 4.78 is 6.36. The van der Waals surface area contributed by atoms with Crippen LogP contribution in [-0.4, -0.2) is 46.1 Å². The molecule has 3 aromatic carbocycles. The summed E-state index contributed by atoms with van der Waals surface area (Å²) in [5.41, 5.74) is 10.7. The SMILES string of the molecule is CCBr.N[C@@H](Cc1ccccc1)C(=O)OC1=C2C(C=C(NC=O)N1Cc1ccccc1)C1C=CC=CC1N2CCCc1ccccc1. The van der Waals surface area contributed by atoms with Crippen molar-refractivity contribution in [3.05, 3.63) is 155 Å². The first-order chi connectivity index (χ1) is 23.0. The molecule has 0 radical (unpaired) electrons. The fraction of sp³-hybridized carbons (Fsp3) is 0.282. The van der Waals surface area contributed by atoms with Crippen LogP contribution in [0.2, 0.25) is 0 Å². The molecule has 1 saturated heterocycles. The maximum Gasteiger partial charge on any atom is 0.329 e. The highest BCUT2D eigenvalue weighted by atomic mass is 79.9. The van der Waals surface area contributed by atoms with Crippen LogP contribution in [0.1, 0.15) is 30.0 Å². The Balaban J connectivity index is 0.00000139. The van der Waals surface area contributed by atoms with Gasteiger partial charge in [-0.3, -0.25) is 9.69 Å². The highest BCUT2D eigenvalue weighted by Crippen LogP contribution is 2.47. The lowest BCUT2D eigenvalue weighted by Gasteiger charge is -2.37. The molecule has 47 heavy (non-hydrogen) atoms. The summed E-state index contributed by atoms with van der Waals surface area (Å²) in [4.78, 5) is 29.9. The molecule has 1 aliphatic carbocycles. The summed E-state index contributed by atoms with van der Waals surface area (Å²) in [5.74, 6) is 0.534. The van der Waals surface area contributed by atoms with E-state index in [0.29, 0.717) is 31.1 Å². The maximum absolute atomic E-state index is 13.7. The smallest absolute Gasteiger partial charge is 0.329 e. The van der Waals surface area contributed by atoms with Crippen molar-refractivity contribution in [3.63, 3.8) is 0 Å². The number of ether oxygens (including phenoxy) is 1. The van der Waals surface area contributed by atoms with Crippen LogP contribution in [0.4, 0.5) is 0 Å². The molecule has 2 aliphatic heterocycles. The van der Waals surface area contributed by atoms with Crippen LogP contribution in [0.5, 0.6) is 0 Å². The number of carbonyl (C=O) groups is 2. The number of esters is 1. The van der Waals surface area contributed by atoms with Crippen molar-refractivity contribution in [1.82, 2.24) is 15.1 Å². The lowest BCUT2D eigenvalue weighted by Crippen LogP contribution is -2.42. The van der Waals surface area contributed by atoms with E-state index in [1.165, 1.54) is 5.56 Å². The Labute approximate surface area is 286 Å². The molecule has 0 spiro atoms. The van der Waals surface area contributed by atoms with Crippen molar-refractivity contribution in [2.75, 3.05) is 11.9 Å². The zero-order valence-corrected chi connectivity index (χ0v) is 28.3. The molecule has 0 saturated carbocycles. The van der Waals surface area contributed by atoms with Gasteiger partial charge in [0.2, 0.25) is 12.3 Å². The first-order valence-electron chi connectivity index (χ1n) is 16.2. The minimum Gasteiger partial charge on any atom is -0.406 e. The van der Waals surface area contributed by atoms with Gasteiger partial charge in [0.05, 0.1) is 18.3 Å². The fourth-order valence-corrected chi connectivity index (χ4v) is 6.46. The molecular formula is C39H43BrN4O3. The van der Waals surface area contributed by atoms with Gasteiger partial charge in [-0.15, -0.1) is 0 Å². The number of hydrogen-bond donors (Lipinski definition) is 2. The Morgan fingerprint density at radius 3 is 2.17 bits per heavy atom. The standard InChI is InChI=1S/C37H38N4O3.C2H5Br/c38-32(23-28-15-6-2-7-16-28)37(43)44-36-35-31(24-34(39-26-42)41(36)25-29-17-8-3-9-18-29)30-20-10-11-21-33(30)40(35)22-12-19-27-13-4-1-5-14-27;1-2-3/h1-11,13-18,20-21,24,26,30-33H,12,19,22-23,25,38H2,(H,39,42);2H2,1H3/t30?,31?,32-,33?;/m0./s1. The number of nitrogens with zero attached hydrogens (tertiary/aromatic N) is 2. The molecule has 1 fully saturated rings. The monoisotopic (exact) mass is 694 g/mol. The summed E-state index contributed by atoms with van der Waals surface area (Å²) in [7, 11) is 0. The van der Waals surface area contributed by atoms with Crippen LogP contribution >= 0.6 is 15.9 Å². The highest BCUT2D eigenvalue weighted by Gasteiger charge is 2.48. The molecule has 0 aromatic heterocycles. The zero-order valence-electron chi connectivity index (χ0n) is 26.8.